The van der Waals surface area contributed by atoms with E-state index in [2.05, 4.69) is 0 Å². The van der Waals surface area contributed by atoms with Gasteiger partial charge in [-0.1, -0.05) is 18.2 Å². The van der Waals surface area contributed by atoms with Gasteiger partial charge in [0.15, 0.2) is 5.78 Å². The first-order valence-corrected chi connectivity index (χ1v) is 6.50. The normalized spacial score (nSPS) is 10.6. The van der Waals surface area contributed by atoms with Gasteiger partial charge in [0.05, 0.1) is 12.7 Å². The van der Waals surface area contributed by atoms with Gasteiger partial charge >= 0.3 is 0 Å². The van der Waals surface area contributed by atoms with Gasteiger partial charge in [0, 0.05) is 5.56 Å². The zero-order valence-corrected chi connectivity index (χ0v) is 11.9. The average molecular weight is 297 g/mol. The predicted octanol–water partition coefficient (Wildman–Crippen LogP) is 2.40. The molecule has 2 rings (SSSR count). The molecule has 0 fully saturated rings. The van der Waals surface area contributed by atoms with E-state index in [1.165, 1.54) is 24.3 Å². The smallest absolute Gasteiger partial charge is 0.252 e. The number of ether oxygens (including phenoxy) is 1. The van der Waals surface area contributed by atoms with Crippen molar-refractivity contribution >= 4 is 17.8 Å². The molecule has 0 spiro atoms. The number of hydrogen-bond donors (Lipinski definition) is 2. The Labute approximate surface area is 127 Å². The molecule has 0 bridgehead atoms. The van der Waals surface area contributed by atoms with Crippen LogP contribution in [-0.2, 0) is 0 Å². The highest BCUT2D eigenvalue weighted by Gasteiger charge is 2.11. The summed E-state index contributed by atoms with van der Waals surface area (Å²) in [4.78, 5) is 23.3. The predicted molar refractivity (Wildman–Crippen MR) is 83.0 cm³/mol. The lowest BCUT2D eigenvalue weighted by molar-refractivity contribution is 0.0997. The zero-order valence-electron chi connectivity index (χ0n) is 11.9. The fraction of sp³-hybridized carbons (Fsp3) is 0.0588. The lowest BCUT2D eigenvalue weighted by Gasteiger charge is -2.03. The molecule has 2 aromatic carbocycles. The monoisotopic (exact) mass is 297 g/mol. The Morgan fingerprint density at radius 1 is 1.18 bits per heavy atom. The number of rotatable bonds is 5. The van der Waals surface area contributed by atoms with Crippen LogP contribution in [0.2, 0.25) is 0 Å². The van der Waals surface area contributed by atoms with Crippen LogP contribution >= 0.6 is 0 Å². The number of allylic oxidation sites excluding steroid dienone is 1. The first-order valence-electron chi connectivity index (χ1n) is 6.50. The summed E-state index contributed by atoms with van der Waals surface area (Å²) in [6, 6.07) is 11.2. The van der Waals surface area contributed by atoms with Crippen molar-refractivity contribution in [3.63, 3.8) is 0 Å². The SMILES string of the molecule is COc1cccc(C=CC(=O)c2ccc(O)c(C(N)=O)c2)c1. The molecule has 0 atom stereocenters. The third kappa shape index (κ3) is 3.52. The minimum absolute atomic E-state index is 0.0827. The van der Waals surface area contributed by atoms with Crippen molar-refractivity contribution in [2.75, 3.05) is 7.11 Å². The van der Waals surface area contributed by atoms with Gasteiger partial charge in [-0.25, -0.2) is 0 Å². The summed E-state index contributed by atoms with van der Waals surface area (Å²) in [5.41, 5.74) is 6.13. The number of primary amides is 1. The Hall–Kier alpha value is -3.08. The second-order valence-electron chi connectivity index (χ2n) is 4.57. The molecule has 2 aromatic rings. The molecule has 0 heterocycles. The van der Waals surface area contributed by atoms with Crippen molar-refractivity contribution < 1.29 is 19.4 Å². The maximum atomic E-state index is 12.1. The third-order valence-electron chi connectivity index (χ3n) is 3.07. The van der Waals surface area contributed by atoms with Gasteiger partial charge in [0.1, 0.15) is 11.5 Å². The van der Waals surface area contributed by atoms with E-state index in [1.54, 1.807) is 25.3 Å². The molecule has 0 aliphatic heterocycles. The van der Waals surface area contributed by atoms with Crippen molar-refractivity contribution in [2.24, 2.45) is 5.73 Å². The second-order valence-corrected chi connectivity index (χ2v) is 4.57. The number of carbonyl (C=O) groups is 2. The first kappa shape index (κ1) is 15.3. The maximum absolute atomic E-state index is 12.1. The van der Waals surface area contributed by atoms with Crippen molar-refractivity contribution in [1.82, 2.24) is 0 Å². The molecule has 0 aliphatic rings. The minimum atomic E-state index is -0.788. The van der Waals surface area contributed by atoms with Crippen LogP contribution < -0.4 is 10.5 Å². The summed E-state index contributed by atoms with van der Waals surface area (Å²) in [6.45, 7) is 0. The summed E-state index contributed by atoms with van der Waals surface area (Å²) in [5, 5.41) is 9.51. The minimum Gasteiger partial charge on any atom is -0.507 e. The number of phenols is 1. The summed E-state index contributed by atoms with van der Waals surface area (Å²) in [6.07, 6.45) is 3.02. The molecular weight excluding hydrogens is 282 g/mol. The third-order valence-corrected chi connectivity index (χ3v) is 3.07. The van der Waals surface area contributed by atoms with Crippen LogP contribution in [0.15, 0.2) is 48.5 Å². The number of aromatic hydroxyl groups is 1. The Balaban J connectivity index is 2.23. The van der Waals surface area contributed by atoms with Gasteiger partial charge in [-0.2, -0.15) is 0 Å². The lowest BCUT2D eigenvalue weighted by Crippen LogP contribution is -2.12. The molecule has 0 aromatic heterocycles. The van der Waals surface area contributed by atoms with Crippen molar-refractivity contribution in [3.8, 4) is 11.5 Å². The van der Waals surface area contributed by atoms with Gasteiger partial charge < -0.3 is 15.6 Å². The van der Waals surface area contributed by atoms with Crippen LogP contribution in [0, 0.1) is 0 Å². The molecule has 0 radical (unpaired) electrons. The maximum Gasteiger partial charge on any atom is 0.252 e. The fourth-order valence-corrected chi connectivity index (χ4v) is 1.90. The van der Waals surface area contributed by atoms with Gasteiger partial charge in [-0.3, -0.25) is 9.59 Å². The second kappa shape index (κ2) is 6.58. The van der Waals surface area contributed by atoms with E-state index in [4.69, 9.17) is 10.5 Å². The van der Waals surface area contributed by atoms with E-state index in [9.17, 15) is 14.7 Å². The molecule has 0 saturated heterocycles. The summed E-state index contributed by atoms with van der Waals surface area (Å²) < 4.78 is 5.10. The van der Waals surface area contributed by atoms with E-state index in [1.807, 2.05) is 12.1 Å². The van der Waals surface area contributed by atoms with E-state index in [-0.39, 0.29) is 22.7 Å². The molecule has 112 valence electrons. The number of hydrogen-bond acceptors (Lipinski definition) is 4. The molecule has 1 amide bonds. The highest BCUT2D eigenvalue weighted by molar-refractivity contribution is 6.08. The number of ketones is 1. The number of nitrogens with two attached hydrogens (primary N) is 1. The molecular formula is C17H15NO4. The highest BCUT2D eigenvalue weighted by atomic mass is 16.5. The molecule has 5 heteroatoms. The molecule has 0 saturated carbocycles. The summed E-state index contributed by atoms with van der Waals surface area (Å²) in [7, 11) is 1.57. The van der Waals surface area contributed by atoms with Gasteiger partial charge in [0.2, 0.25) is 0 Å². The fourth-order valence-electron chi connectivity index (χ4n) is 1.90. The van der Waals surface area contributed by atoms with E-state index in [0.717, 1.165) is 5.56 Å². The van der Waals surface area contributed by atoms with Gasteiger partial charge in [-0.05, 0) is 42.0 Å². The molecule has 0 aliphatic carbocycles. The number of amides is 1. The van der Waals surface area contributed by atoms with Crippen LogP contribution in [0.25, 0.3) is 6.08 Å². The van der Waals surface area contributed by atoms with Crippen LogP contribution in [-0.4, -0.2) is 23.9 Å². The van der Waals surface area contributed by atoms with Crippen molar-refractivity contribution in [3.05, 3.63) is 65.2 Å². The first-order chi connectivity index (χ1) is 10.5. The van der Waals surface area contributed by atoms with Crippen molar-refractivity contribution in [2.45, 2.75) is 0 Å². The molecule has 5 nitrogen and oxygen atoms in total. The summed E-state index contributed by atoms with van der Waals surface area (Å²) >= 11 is 0. The van der Waals surface area contributed by atoms with E-state index < -0.39 is 5.91 Å². The average Bonchev–Trinajstić information content (AvgIpc) is 2.53. The quantitative estimate of drug-likeness (QED) is 0.655. The molecule has 0 unspecified atom stereocenters. The van der Waals surface area contributed by atoms with E-state index >= 15 is 0 Å². The highest BCUT2D eigenvalue weighted by Crippen LogP contribution is 2.19. The number of benzene rings is 2. The number of methoxy groups -OCH3 is 1. The van der Waals surface area contributed by atoms with Crippen LogP contribution in [0.3, 0.4) is 0 Å². The largest absolute Gasteiger partial charge is 0.507 e. The van der Waals surface area contributed by atoms with Gasteiger partial charge in [-0.15, -0.1) is 0 Å². The number of carbonyl (C=O) groups excluding carboxylic acids is 2. The van der Waals surface area contributed by atoms with Crippen LogP contribution in [0.4, 0.5) is 0 Å². The lowest BCUT2D eigenvalue weighted by atomic mass is 10.0. The Bertz CT molecular complexity index is 750. The van der Waals surface area contributed by atoms with Gasteiger partial charge in [0.25, 0.3) is 5.91 Å². The topological polar surface area (TPSA) is 89.6 Å². The van der Waals surface area contributed by atoms with Crippen LogP contribution in [0.1, 0.15) is 26.3 Å². The van der Waals surface area contributed by atoms with E-state index in [0.29, 0.717) is 5.75 Å². The Morgan fingerprint density at radius 2 is 1.95 bits per heavy atom. The molecule has 22 heavy (non-hydrogen) atoms. The zero-order chi connectivity index (χ0) is 16.1. The Morgan fingerprint density at radius 3 is 2.64 bits per heavy atom. The Kier molecular flexibility index (Phi) is 4.58. The summed E-state index contributed by atoms with van der Waals surface area (Å²) in [5.74, 6) is -0.648. The van der Waals surface area contributed by atoms with Crippen LogP contribution in [0.5, 0.6) is 11.5 Å². The van der Waals surface area contributed by atoms with Crippen molar-refractivity contribution in [1.29, 1.82) is 0 Å². The standard InChI is InChI=1S/C17H15NO4/c1-22-13-4-2-3-11(9-13)5-7-15(19)12-6-8-16(20)14(10-12)17(18)21/h2-10,20H,1H3,(H2,18,21). The molecule has 3 N–H and O–H groups in total.